The van der Waals surface area contributed by atoms with Gasteiger partial charge in [-0.15, -0.1) is 24.9 Å². The first kappa shape index (κ1) is 25.3. The number of carbonyl (C=O) groups excluding carboxylic acids is 3. The summed E-state index contributed by atoms with van der Waals surface area (Å²) in [4.78, 5) is 46.0. The van der Waals surface area contributed by atoms with Crippen molar-refractivity contribution < 1.29 is 19.5 Å². The van der Waals surface area contributed by atoms with E-state index in [9.17, 15) is 19.5 Å². The van der Waals surface area contributed by atoms with Gasteiger partial charge in [0.25, 0.3) is 0 Å². The standard InChI is InChI=1S/C23H34BrN3O4S/c1-7-9-25(6)19(29)15-16-20(30)26(11-12-28)18(23(16)13-14(24)17(15)32-23)21(31)27(10-8-2)22(3,4)5/h7-8,14-18,28H,1-2,9-13H2,3-6H3/t14?,15-,16-,17-,18?,23?/m0/s1. The second-order valence-electron chi connectivity index (χ2n) is 9.83. The number of thioether (sulfide) groups is 1. The molecule has 32 heavy (non-hydrogen) atoms. The molecule has 6 atom stereocenters. The Hall–Kier alpha value is -1.32. The van der Waals surface area contributed by atoms with Crippen LogP contribution in [0.3, 0.4) is 0 Å². The Morgan fingerprint density at radius 1 is 1.28 bits per heavy atom. The van der Waals surface area contributed by atoms with E-state index in [1.54, 1.807) is 40.8 Å². The average molecular weight is 529 g/mol. The molecule has 2 bridgehead atoms. The van der Waals surface area contributed by atoms with Crippen LogP contribution >= 0.6 is 27.7 Å². The Balaban J connectivity index is 2.09. The maximum absolute atomic E-state index is 14.0. The molecule has 3 rings (SSSR count). The first-order chi connectivity index (χ1) is 15.0. The Morgan fingerprint density at radius 2 is 1.91 bits per heavy atom. The van der Waals surface area contributed by atoms with E-state index >= 15 is 0 Å². The summed E-state index contributed by atoms with van der Waals surface area (Å²) < 4.78 is -0.706. The maximum atomic E-state index is 14.0. The predicted octanol–water partition coefficient (Wildman–Crippen LogP) is 1.90. The van der Waals surface area contributed by atoms with Crippen molar-refractivity contribution >= 4 is 45.4 Å². The molecule has 3 aliphatic heterocycles. The highest BCUT2D eigenvalue weighted by Crippen LogP contribution is 2.68. The van der Waals surface area contributed by atoms with Crippen molar-refractivity contribution in [2.75, 3.05) is 33.3 Å². The van der Waals surface area contributed by atoms with Gasteiger partial charge in [0.05, 0.1) is 23.2 Å². The number of aliphatic hydroxyl groups is 1. The SMILES string of the molecule is C=CCN(C)C(=O)[C@H]1[C@H]2C(=O)N(CCO)C(C(=O)N(CC=C)C(C)(C)C)C23CC(Br)[C@@H]1S3. The minimum absolute atomic E-state index is 0.0227. The number of likely N-dealkylation sites (N-methyl/N-ethyl adjacent to an activating group) is 1. The number of halogens is 1. The fourth-order valence-electron chi connectivity index (χ4n) is 5.55. The Bertz CT molecular complexity index is 816. The molecule has 0 aromatic carbocycles. The third kappa shape index (κ3) is 3.84. The summed E-state index contributed by atoms with van der Waals surface area (Å²) in [5.74, 6) is -1.55. The van der Waals surface area contributed by atoms with Crippen LogP contribution in [0.15, 0.2) is 25.3 Å². The maximum Gasteiger partial charge on any atom is 0.247 e. The number of fused-ring (bicyclic) bond motifs is 1. The van der Waals surface area contributed by atoms with E-state index in [1.807, 2.05) is 20.8 Å². The summed E-state index contributed by atoms with van der Waals surface area (Å²) in [5.41, 5.74) is -0.470. The summed E-state index contributed by atoms with van der Waals surface area (Å²) in [7, 11) is 1.72. The van der Waals surface area contributed by atoms with Crippen LogP contribution in [0.1, 0.15) is 27.2 Å². The number of likely N-dealkylation sites (tertiary alicyclic amines) is 1. The van der Waals surface area contributed by atoms with E-state index in [2.05, 4.69) is 29.1 Å². The van der Waals surface area contributed by atoms with E-state index in [-0.39, 0.29) is 41.0 Å². The van der Waals surface area contributed by atoms with Gasteiger partial charge >= 0.3 is 0 Å². The molecule has 3 amide bonds. The third-order valence-corrected chi connectivity index (χ3v) is 10.0. The van der Waals surface area contributed by atoms with Crippen molar-refractivity contribution in [3.8, 4) is 0 Å². The van der Waals surface area contributed by atoms with Crippen LogP contribution in [0.5, 0.6) is 0 Å². The quantitative estimate of drug-likeness (QED) is 0.385. The van der Waals surface area contributed by atoms with Crippen LogP contribution < -0.4 is 0 Å². The van der Waals surface area contributed by atoms with E-state index in [1.165, 1.54) is 4.90 Å². The number of nitrogens with zero attached hydrogens (tertiary/aromatic N) is 3. The number of hydrogen-bond acceptors (Lipinski definition) is 5. The zero-order chi connectivity index (χ0) is 24.0. The Kier molecular flexibility index (Phi) is 7.23. The van der Waals surface area contributed by atoms with Gasteiger partial charge in [0.1, 0.15) is 6.04 Å². The molecule has 0 radical (unpaired) electrons. The minimum Gasteiger partial charge on any atom is -0.395 e. The fraction of sp³-hybridized carbons (Fsp3) is 0.696. The minimum atomic E-state index is -0.733. The summed E-state index contributed by atoms with van der Waals surface area (Å²) in [5, 5.41) is 9.64. The largest absolute Gasteiger partial charge is 0.395 e. The summed E-state index contributed by atoms with van der Waals surface area (Å²) >= 11 is 5.36. The van der Waals surface area contributed by atoms with Crippen LogP contribution in [0.4, 0.5) is 0 Å². The van der Waals surface area contributed by atoms with Crippen molar-refractivity contribution in [1.82, 2.24) is 14.7 Å². The second kappa shape index (κ2) is 9.14. The van der Waals surface area contributed by atoms with Gasteiger partial charge < -0.3 is 19.8 Å². The van der Waals surface area contributed by atoms with Crippen LogP contribution in [0, 0.1) is 11.8 Å². The zero-order valence-corrected chi connectivity index (χ0v) is 21.7. The van der Waals surface area contributed by atoms with E-state index in [4.69, 9.17) is 0 Å². The molecule has 0 aromatic heterocycles. The lowest BCUT2D eigenvalue weighted by atomic mass is 9.70. The normalized spacial score (nSPS) is 33.2. The van der Waals surface area contributed by atoms with Gasteiger partial charge in [-0.25, -0.2) is 0 Å². The first-order valence-corrected chi connectivity index (χ1v) is 12.8. The highest BCUT2D eigenvalue weighted by atomic mass is 79.9. The zero-order valence-electron chi connectivity index (χ0n) is 19.3. The summed E-state index contributed by atoms with van der Waals surface area (Å²) in [6.07, 6.45) is 3.98. The lowest BCUT2D eigenvalue weighted by Crippen LogP contribution is -2.59. The number of alkyl halides is 1. The average Bonchev–Trinajstić information content (AvgIpc) is 3.29. The van der Waals surface area contributed by atoms with E-state index in [0.717, 1.165) is 0 Å². The first-order valence-electron chi connectivity index (χ1n) is 11.0. The molecule has 3 fully saturated rings. The Labute approximate surface area is 203 Å². The van der Waals surface area contributed by atoms with Gasteiger partial charge in [-0.1, -0.05) is 28.1 Å². The lowest BCUT2D eigenvalue weighted by molar-refractivity contribution is -0.146. The number of β-amino-alcohol motifs (C(OH)–C–C–N with tert-alkyl or cyclic N) is 1. The molecular weight excluding hydrogens is 494 g/mol. The van der Waals surface area contributed by atoms with Crippen molar-refractivity contribution in [2.45, 2.75) is 53.6 Å². The third-order valence-electron chi connectivity index (χ3n) is 6.82. The van der Waals surface area contributed by atoms with Crippen molar-refractivity contribution in [2.24, 2.45) is 11.8 Å². The molecular formula is C23H34BrN3O4S. The lowest BCUT2D eigenvalue weighted by Gasteiger charge is -2.42. The van der Waals surface area contributed by atoms with Gasteiger partial charge in [-0.3, -0.25) is 14.4 Å². The number of amides is 3. The summed E-state index contributed by atoms with van der Waals surface area (Å²) in [6, 6.07) is -0.733. The van der Waals surface area contributed by atoms with Crippen LogP contribution in [-0.4, -0.2) is 97.2 Å². The monoisotopic (exact) mass is 527 g/mol. The van der Waals surface area contributed by atoms with Crippen LogP contribution in [0.25, 0.3) is 0 Å². The van der Waals surface area contributed by atoms with Gasteiger partial charge in [0, 0.05) is 42.3 Å². The molecule has 9 heteroatoms. The van der Waals surface area contributed by atoms with Gasteiger partial charge in [-0.05, 0) is 27.2 Å². The molecule has 7 nitrogen and oxygen atoms in total. The van der Waals surface area contributed by atoms with Crippen molar-refractivity contribution in [1.29, 1.82) is 0 Å². The highest BCUT2D eigenvalue weighted by molar-refractivity contribution is 9.09. The van der Waals surface area contributed by atoms with E-state index in [0.29, 0.717) is 19.5 Å². The molecule has 3 aliphatic rings. The molecule has 1 spiro atoms. The van der Waals surface area contributed by atoms with Gasteiger partial charge in [0.2, 0.25) is 17.7 Å². The Morgan fingerprint density at radius 3 is 2.44 bits per heavy atom. The molecule has 3 saturated heterocycles. The van der Waals surface area contributed by atoms with Crippen LogP contribution in [0.2, 0.25) is 0 Å². The fourth-order valence-corrected chi connectivity index (χ4v) is 9.15. The summed E-state index contributed by atoms with van der Waals surface area (Å²) in [6.45, 7) is 14.0. The highest BCUT2D eigenvalue weighted by Gasteiger charge is 2.76. The van der Waals surface area contributed by atoms with E-state index < -0.39 is 28.2 Å². The molecule has 178 valence electrons. The topological polar surface area (TPSA) is 81.2 Å². The van der Waals surface area contributed by atoms with Crippen molar-refractivity contribution in [3.63, 3.8) is 0 Å². The molecule has 0 aliphatic carbocycles. The molecule has 3 unspecified atom stereocenters. The number of aliphatic hydroxyl groups excluding tert-OH is 1. The molecule has 1 N–H and O–H groups in total. The number of rotatable bonds is 8. The number of carbonyl (C=O) groups is 3. The van der Waals surface area contributed by atoms with Crippen LogP contribution in [-0.2, 0) is 14.4 Å². The molecule has 0 aromatic rings. The predicted molar refractivity (Wildman–Crippen MR) is 131 cm³/mol. The van der Waals surface area contributed by atoms with Crippen molar-refractivity contribution in [3.05, 3.63) is 25.3 Å². The van der Waals surface area contributed by atoms with Gasteiger partial charge in [-0.2, -0.15) is 0 Å². The molecule has 3 heterocycles. The molecule has 0 saturated carbocycles. The second-order valence-corrected chi connectivity index (χ2v) is 12.6. The van der Waals surface area contributed by atoms with Gasteiger partial charge in [0.15, 0.2) is 0 Å². The smallest absolute Gasteiger partial charge is 0.247 e. The number of hydrogen-bond donors (Lipinski definition) is 1.